The first-order valence-electron chi connectivity index (χ1n) is 13.1. The van der Waals surface area contributed by atoms with Crippen LogP contribution in [0.25, 0.3) is 10.9 Å². The second-order valence-corrected chi connectivity index (χ2v) is 10.4. The third-order valence-electron chi connectivity index (χ3n) is 6.71. The molecule has 1 aliphatic carbocycles. The first-order valence-corrected chi connectivity index (χ1v) is 13.5. The number of ether oxygens (including phenoxy) is 1. The molecule has 1 aromatic heterocycles. The van der Waals surface area contributed by atoms with Crippen LogP contribution in [-0.4, -0.2) is 30.1 Å². The summed E-state index contributed by atoms with van der Waals surface area (Å²) < 4.78 is 5.72. The fourth-order valence-corrected chi connectivity index (χ4v) is 4.65. The number of aryl methyl sites for hydroxylation is 1. The summed E-state index contributed by atoms with van der Waals surface area (Å²) in [5.74, 6) is 4.27. The van der Waals surface area contributed by atoms with Gasteiger partial charge in [0.15, 0.2) is 0 Å². The molecule has 0 bridgehead atoms. The van der Waals surface area contributed by atoms with E-state index in [0.29, 0.717) is 6.04 Å². The van der Waals surface area contributed by atoms with E-state index in [-0.39, 0.29) is 0 Å². The Balaban J connectivity index is 0.000000180. The summed E-state index contributed by atoms with van der Waals surface area (Å²) >= 11 is 5.81. The van der Waals surface area contributed by atoms with E-state index in [1.165, 1.54) is 31.2 Å². The van der Waals surface area contributed by atoms with Crippen LogP contribution in [0.3, 0.4) is 0 Å². The zero-order chi connectivity index (χ0) is 26.2. The minimum absolute atomic E-state index is 0.511. The summed E-state index contributed by atoms with van der Waals surface area (Å²) in [4.78, 5) is 11.5. The molecule has 1 heterocycles. The van der Waals surface area contributed by atoms with Gasteiger partial charge in [-0.25, -0.2) is 4.98 Å². The van der Waals surface area contributed by atoms with Crippen molar-refractivity contribution >= 4 is 34.3 Å². The molecule has 6 heteroatoms. The zero-order valence-electron chi connectivity index (χ0n) is 22.2. The van der Waals surface area contributed by atoms with Crippen molar-refractivity contribution < 1.29 is 4.74 Å². The van der Waals surface area contributed by atoms with Gasteiger partial charge in [0.05, 0.1) is 5.52 Å². The summed E-state index contributed by atoms with van der Waals surface area (Å²) in [6, 6.07) is 24.2. The molecule has 1 aliphatic rings. The first kappa shape index (κ1) is 26.7. The number of para-hydroxylation sites is 1. The van der Waals surface area contributed by atoms with Crippen LogP contribution >= 0.6 is 11.6 Å². The van der Waals surface area contributed by atoms with Gasteiger partial charge < -0.3 is 15.0 Å². The predicted molar refractivity (Wildman–Crippen MR) is 156 cm³/mol. The molecule has 1 N–H and O–H groups in total. The Morgan fingerprint density at radius 3 is 2.32 bits per heavy atom. The lowest BCUT2D eigenvalue weighted by Gasteiger charge is -2.27. The number of benzene rings is 3. The van der Waals surface area contributed by atoms with Crippen LogP contribution in [0.15, 0.2) is 72.8 Å². The molecule has 0 radical (unpaired) electrons. The molecular weight excluding hydrogens is 480 g/mol. The molecule has 0 amide bonds. The van der Waals surface area contributed by atoms with Gasteiger partial charge in [-0.3, -0.25) is 0 Å². The van der Waals surface area contributed by atoms with Crippen LogP contribution in [0.2, 0.25) is 5.02 Å². The van der Waals surface area contributed by atoms with Crippen molar-refractivity contribution in [1.29, 1.82) is 0 Å². The normalized spacial score (nSPS) is 17.0. The van der Waals surface area contributed by atoms with E-state index in [4.69, 9.17) is 21.3 Å². The lowest BCUT2D eigenvalue weighted by Crippen LogP contribution is -2.26. The Labute approximate surface area is 225 Å². The summed E-state index contributed by atoms with van der Waals surface area (Å²) in [6.45, 7) is 4.47. The highest BCUT2D eigenvalue weighted by molar-refractivity contribution is 6.30. The van der Waals surface area contributed by atoms with E-state index < -0.39 is 0 Å². The lowest BCUT2D eigenvalue weighted by atomic mass is 9.87. The minimum atomic E-state index is 0.511. The second-order valence-electron chi connectivity index (χ2n) is 9.94. The highest BCUT2D eigenvalue weighted by atomic mass is 35.5. The van der Waals surface area contributed by atoms with Crippen LogP contribution in [0.1, 0.15) is 45.1 Å². The van der Waals surface area contributed by atoms with Crippen molar-refractivity contribution in [3.05, 3.63) is 83.4 Å². The first-order chi connectivity index (χ1) is 17.9. The predicted octanol–water partition coefficient (Wildman–Crippen LogP) is 8.38. The lowest BCUT2D eigenvalue weighted by molar-refractivity contribution is 0.360. The second kappa shape index (κ2) is 12.8. The summed E-state index contributed by atoms with van der Waals surface area (Å²) in [5, 5.41) is 5.36. The van der Waals surface area contributed by atoms with E-state index in [1.807, 2.05) is 62.6 Å². The average Bonchev–Trinajstić information content (AvgIpc) is 2.91. The summed E-state index contributed by atoms with van der Waals surface area (Å²) in [7, 11) is 4.06. The molecule has 0 aliphatic heterocycles. The van der Waals surface area contributed by atoms with Crippen LogP contribution in [0.5, 0.6) is 11.5 Å². The highest BCUT2D eigenvalue weighted by Gasteiger charge is 2.19. The van der Waals surface area contributed by atoms with E-state index in [9.17, 15) is 0 Å². The van der Waals surface area contributed by atoms with Gasteiger partial charge in [-0.2, -0.15) is 4.98 Å². The molecule has 5 nitrogen and oxygen atoms in total. The van der Waals surface area contributed by atoms with Crippen molar-refractivity contribution in [2.75, 3.05) is 24.3 Å². The largest absolute Gasteiger partial charge is 0.457 e. The molecule has 37 heavy (non-hydrogen) atoms. The van der Waals surface area contributed by atoms with Crippen molar-refractivity contribution in [3.63, 3.8) is 0 Å². The van der Waals surface area contributed by atoms with Crippen LogP contribution < -0.4 is 15.0 Å². The van der Waals surface area contributed by atoms with Crippen molar-refractivity contribution in [3.8, 4) is 11.5 Å². The number of anilines is 2. The van der Waals surface area contributed by atoms with E-state index >= 15 is 0 Å². The molecular formula is C31H37ClN4O. The van der Waals surface area contributed by atoms with Gasteiger partial charge in [0.1, 0.15) is 17.3 Å². The minimum Gasteiger partial charge on any atom is -0.457 e. The van der Waals surface area contributed by atoms with E-state index in [1.54, 1.807) is 0 Å². The maximum absolute atomic E-state index is 5.81. The maximum Gasteiger partial charge on any atom is 0.225 e. The van der Waals surface area contributed by atoms with Gasteiger partial charge in [-0.05, 0) is 92.1 Å². The van der Waals surface area contributed by atoms with Gasteiger partial charge in [0, 0.05) is 30.5 Å². The molecule has 1 saturated carbocycles. The average molecular weight is 517 g/mol. The summed E-state index contributed by atoms with van der Waals surface area (Å²) in [5.41, 5.74) is 2.27. The number of aromatic nitrogens is 2. The standard InChI is InChI=1S/C17H24N4.C14H13ClO/c1-12-8-10-13(11-9-12)18-17-19-15-7-5-4-6-14(15)16(20-17)21(2)3;1-2-11-4-3-5-14(10-11)16-13-8-6-12(15)7-9-13/h4-7,12-13H,8-11H2,1-3H3,(H,18,19,20);3-10H,2H2,1H3. The van der Waals surface area contributed by atoms with Crippen molar-refractivity contribution in [2.24, 2.45) is 5.92 Å². The Bertz CT molecular complexity index is 1280. The number of hydrogen-bond donors (Lipinski definition) is 1. The third kappa shape index (κ3) is 7.59. The molecule has 0 unspecified atom stereocenters. The maximum atomic E-state index is 5.81. The Kier molecular flexibility index (Phi) is 9.24. The molecule has 3 aromatic carbocycles. The SMILES string of the molecule is CC1CCC(Nc2nc(N(C)C)c3ccccc3n2)CC1.CCc1cccc(Oc2ccc(Cl)cc2)c1. The van der Waals surface area contributed by atoms with Crippen LogP contribution in [0, 0.1) is 5.92 Å². The number of hydrogen-bond acceptors (Lipinski definition) is 5. The van der Waals surface area contributed by atoms with Crippen LogP contribution in [-0.2, 0) is 6.42 Å². The fourth-order valence-electron chi connectivity index (χ4n) is 4.52. The van der Waals surface area contributed by atoms with Gasteiger partial charge in [-0.1, -0.05) is 49.7 Å². The molecule has 0 atom stereocenters. The third-order valence-corrected chi connectivity index (χ3v) is 6.96. The van der Waals surface area contributed by atoms with Crippen molar-refractivity contribution in [2.45, 2.75) is 52.0 Å². The molecule has 5 rings (SSSR count). The Morgan fingerprint density at radius 1 is 0.892 bits per heavy atom. The molecule has 4 aromatic rings. The summed E-state index contributed by atoms with van der Waals surface area (Å²) in [6.07, 6.45) is 6.04. The monoisotopic (exact) mass is 516 g/mol. The number of rotatable bonds is 6. The van der Waals surface area contributed by atoms with Gasteiger partial charge in [0.25, 0.3) is 0 Å². The Hall–Kier alpha value is -3.31. The van der Waals surface area contributed by atoms with Gasteiger partial charge in [0.2, 0.25) is 5.95 Å². The van der Waals surface area contributed by atoms with Crippen LogP contribution in [0.4, 0.5) is 11.8 Å². The van der Waals surface area contributed by atoms with Gasteiger partial charge >= 0.3 is 0 Å². The van der Waals surface area contributed by atoms with Crippen molar-refractivity contribution in [1.82, 2.24) is 9.97 Å². The Morgan fingerprint density at radius 2 is 1.62 bits per heavy atom. The zero-order valence-corrected chi connectivity index (χ0v) is 23.0. The highest BCUT2D eigenvalue weighted by Crippen LogP contribution is 2.28. The van der Waals surface area contributed by atoms with E-state index in [2.05, 4.69) is 53.3 Å². The topological polar surface area (TPSA) is 50.3 Å². The number of halogens is 1. The number of nitrogens with zero attached hydrogens (tertiary/aromatic N) is 3. The number of fused-ring (bicyclic) bond motifs is 1. The molecule has 194 valence electrons. The fraction of sp³-hybridized carbons (Fsp3) is 0.355. The molecule has 0 spiro atoms. The number of nitrogens with one attached hydrogen (secondary N) is 1. The smallest absolute Gasteiger partial charge is 0.225 e. The molecule has 0 saturated heterocycles. The quantitative estimate of drug-likeness (QED) is 0.279. The molecule has 1 fully saturated rings. The van der Waals surface area contributed by atoms with E-state index in [0.717, 1.165) is 51.5 Å². The van der Waals surface area contributed by atoms with Gasteiger partial charge in [-0.15, -0.1) is 0 Å².